The van der Waals surface area contributed by atoms with Crippen LogP contribution in [0.5, 0.6) is 0 Å². The first-order valence-electron chi connectivity index (χ1n) is 8.77. The Morgan fingerprint density at radius 1 is 1.35 bits per heavy atom. The first kappa shape index (κ1) is 22.5. The summed E-state index contributed by atoms with van der Waals surface area (Å²) >= 11 is 0. The van der Waals surface area contributed by atoms with E-state index in [9.17, 15) is 9.59 Å². The van der Waals surface area contributed by atoms with E-state index in [-0.39, 0.29) is 36.6 Å². The Kier molecular flexibility index (Phi) is 9.19. The van der Waals surface area contributed by atoms with E-state index < -0.39 is 0 Å². The molecule has 2 amide bonds. The molecule has 1 saturated heterocycles. The molecule has 0 aromatic heterocycles. The van der Waals surface area contributed by atoms with Crippen molar-refractivity contribution < 1.29 is 9.59 Å². The number of anilines is 2. The molecule has 146 valence electrons. The van der Waals surface area contributed by atoms with Crippen LogP contribution in [0.2, 0.25) is 0 Å². The second kappa shape index (κ2) is 10.6. The molecule has 0 radical (unpaired) electrons. The van der Waals surface area contributed by atoms with Crippen LogP contribution in [0.4, 0.5) is 11.4 Å². The number of nitrogens with zero attached hydrogens (tertiary/aromatic N) is 1. The third kappa shape index (κ3) is 5.76. The molecular weight excluding hydrogens is 375 g/mol. The molecule has 6 nitrogen and oxygen atoms in total. The summed E-state index contributed by atoms with van der Waals surface area (Å²) in [5.74, 6) is 0.560. The molecule has 0 bridgehead atoms. The lowest BCUT2D eigenvalue weighted by Crippen LogP contribution is -2.33. The van der Waals surface area contributed by atoms with Crippen molar-refractivity contribution in [2.75, 3.05) is 43.4 Å². The van der Waals surface area contributed by atoms with E-state index in [0.717, 1.165) is 25.2 Å². The quantitative estimate of drug-likeness (QED) is 0.722. The van der Waals surface area contributed by atoms with Crippen molar-refractivity contribution in [1.29, 1.82) is 0 Å². The summed E-state index contributed by atoms with van der Waals surface area (Å²) in [6, 6.07) is 5.50. The van der Waals surface area contributed by atoms with Gasteiger partial charge in [0.15, 0.2) is 0 Å². The van der Waals surface area contributed by atoms with Crippen molar-refractivity contribution in [3.8, 4) is 0 Å². The third-order valence-corrected chi connectivity index (χ3v) is 4.86. The number of nitrogens with one attached hydrogen (secondary N) is 3. The van der Waals surface area contributed by atoms with Crippen LogP contribution in [0.15, 0.2) is 18.2 Å². The van der Waals surface area contributed by atoms with Gasteiger partial charge >= 0.3 is 0 Å². The molecule has 1 fully saturated rings. The zero-order valence-electron chi connectivity index (χ0n) is 15.0. The molecule has 26 heavy (non-hydrogen) atoms. The summed E-state index contributed by atoms with van der Waals surface area (Å²) in [5, 5.41) is 9.28. The molecule has 8 heteroatoms. The second-order valence-electron chi connectivity index (χ2n) is 6.71. The van der Waals surface area contributed by atoms with E-state index in [0.29, 0.717) is 36.7 Å². The van der Waals surface area contributed by atoms with Crippen LogP contribution in [0.25, 0.3) is 0 Å². The molecule has 0 saturated carbocycles. The Morgan fingerprint density at radius 3 is 2.88 bits per heavy atom. The van der Waals surface area contributed by atoms with Crippen molar-refractivity contribution in [1.82, 2.24) is 10.6 Å². The van der Waals surface area contributed by atoms with Gasteiger partial charge in [0, 0.05) is 32.1 Å². The number of benzene rings is 1. The van der Waals surface area contributed by atoms with Gasteiger partial charge in [-0.25, -0.2) is 0 Å². The predicted molar refractivity (Wildman–Crippen MR) is 110 cm³/mol. The summed E-state index contributed by atoms with van der Waals surface area (Å²) in [5.41, 5.74) is 2.25. The van der Waals surface area contributed by atoms with E-state index in [1.54, 1.807) is 6.07 Å². The minimum absolute atomic E-state index is 0. The number of hydrogen-bond acceptors (Lipinski definition) is 4. The Labute approximate surface area is 167 Å². The Bertz CT molecular complexity index is 621. The summed E-state index contributed by atoms with van der Waals surface area (Å²) in [6.07, 6.45) is 3.92. The van der Waals surface area contributed by atoms with Gasteiger partial charge in [0.25, 0.3) is 5.91 Å². The smallest absolute Gasteiger partial charge is 0.251 e. The highest BCUT2D eigenvalue weighted by molar-refractivity contribution is 6.00. The molecule has 0 aliphatic carbocycles. The van der Waals surface area contributed by atoms with Gasteiger partial charge in [0.1, 0.15) is 0 Å². The maximum absolute atomic E-state index is 12.4. The van der Waals surface area contributed by atoms with E-state index in [4.69, 9.17) is 0 Å². The zero-order valence-corrected chi connectivity index (χ0v) is 16.7. The van der Waals surface area contributed by atoms with E-state index in [2.05, 4.69) is 16.0 Å². The number of carbonyl (C=O) groups excluding carboxylic acids is 2. The highest BCUT2D eigenvalue weighted by Crippen LogP contribution is 2.28. The number of piperidine rings is 1. The largest absolute Gasteiger partial charge is 0.372 e. The van der Waals surface area contributed by atoms with Crippen LogP contribution in [-0.4, -0.2) is 45.0 Å². The monoisotopic (exact) mass is 402 g/mol. The number of amides is 2. The first-order chi connectivity index (χ1) is 11.6. The first-order valence-corrected chi connectivity index (χ1v) is 8.77. The number of fused-ring (bicyclic) bond motifs is 1. The summed E-state index contributed by atoms with van der Waals surface area (Å²) in [7, 11) is 1.96. The molecule has 0 spiro atoms. The van der Waals surface area contributed by atoms with Crippen molar-refractivity contribution in [2.24, 2.45) is 5.92 Å². The van der Waals surface area contributed by atoms with Crippen LogP contribution in [0.1, 0.15) is 36.0 Å². The minimum Gasteiger partial charge on any atom is -0.372 e. The van der Waals surface area contributed by atoms with Gasteiger partial charge in [-0.2, -0.15) is 0 Å². The number of hydrogen-bond donors (Lipinski definition) is 3. The van der Waals surface area contributed by atoms with Crippen LogP contribution in [0.3, 0.4) is 0 Å². The summed E-state index contributed by atoms with van der Waals surface area (Å²) < 4.78 is 0. The molecule has 1 aromatic carbocycles. The van der Waals surface area contributed by atoms with Crippen LogP contribution in [-0.2, 0) is 4.79 Å². The minimum atomic E-state index is -0.0808. The second-order valence-corrected chi connectivity index (χ2v) is 6.71. The highest BCUT2D eigenvalue weighted by Gasteiger charge is 2.18. The maximum atomic E-state index is 12.4. The molecule has 1 unspecified atom stereocenters. The fraction of sp³-hybridized carbons (Fsp3) is 0.556. The summed E-state index contributed by atoms with van der Waals surface area (Å²) in [6.45, 7) is 3.53. The van der Waals surface area contributed by atoms with Gasteiger partial charge < -0.3 is 20.9 Å². The maximum Gasteiger partial charge on any atom is 0.251 e. The lowest BCUT2D eigenvalue weighted by atomic mass is 9.96. The average molecular weight is 403 g/mol. The molecule has 1 aromatic rings. The van der Waals surface area contributed by atoms with Crippen LogP contribution >= 0.6 is 24.8 Å². The number of rotatable bonds is 4. The van der Waals surface area contributed by atoms with Crippen molar-refractivity contribution in [2.45, 2.75) is 25.7 Å². The van der Waals surface area contributed by atoms with E-state index >= 15 is 0 Å². The fourth-order valence-electron chi connectivity index (χ4n) is 3.37. The standard InChI is InChI=1S/C18H26N4O2.2ClH/c1-22-10-7-17(23)21-15-11-14(4-5-16(15)22)18(24)20-9-6-13-3-2-8-19-12-13;;/h4-5,11,13,19H,2-3,6-10,12H2,1H3,(H,20,24)(H,21,23);2*1H. The number of carbonyl (C=O) groups is 2. The fourth-order valence-corrected chi connectivity index (χ4v) is 3.37. The normalized spacial score (nSPS) is 19.2. The summed E-state index contributed by atoms with van der Waals surface area (Å²) in [4.78, 5) is 26.2. The molecule has 2 aliphatic heterocycles. The number of halogens is 2. The lowest BCUT2D eigenvalue weighted by Gasteiger charge is -2.22. The van der Waals surface area contributed by atoms with Crippen molar-refractivity contribution in [3.63, 3.8) is 0 Å². The van der Waals surface area contributed by atoms with Gasteiger partial charge in [-0.1, -0.05) is 0 Å². The zero-order chi connectivity index (χ0) is 16.9. The van der Waals surface area contributed by atoms with Gasteiger partial charge in [-0.3, -0.25) is 9.59 Å². The molecular formula is C18H28Cl2N4O2. The van der Waals surface area contributed by atoms with E-state index in [1.165, 1.54) is 12.8 Å². The highest BCUT2D eigenvalue weighted by atomic mass is 35.5. The Balaban J connectivity index is 0.00000169. The van der Waals surface area contributed by atoms with Crippen LogP contribution in [0, 0.1) is 5.92 Å². The molecule has 3 rings (SSSR count). The van der Waals surface area contributed by atoms with Gasteiger partial charge in [0.05, 0.1) is 11.4 Å². The Hall–Kier alpha value is -1.50. The molecule has 1 atom stereocenters. The van der Waals surface area contributed by atoms with E-state index in [1.807, 2.05) is 24.1 Å². The van der Waals surface area contributed by atoms with Gasteiger partial charge in [-0.05, 0) is 56.5 Å². The SMILES string of the molecule is CN1CCC(=O)Nc2cc(C(=O)NCCC3CCCNC3)ccc21.Cl.Cl. The molecule has 3 N–H and O–H groups in total. The topological polar surface area (TPSA) is 73.5 Å². The lowest BCUT2D eigenvalue weighted by molar-refractivity contribution is -0.115. The average Bonchev–Trinajstić information content (AvgIpc) is 2.74. The molecule has 2 aliphatic rings. The Morgan fingerprint density at radius 2 is 2.15 bits per heavy atom. The van der Waals surface area contributed by atoms with Crippen LogP contribution < -0.4 is 20.9 Å². The van der Waals surface area contributed by atoms with Crippen molar-refractivity contribution >= 4 is 48.0 Å². The van der Waals surface area contributed by atoms with Gasteiger partial charge in [0.2, 0.25) is 5.91 Å². The predicted octanol–water partition coefficient (Wildman–Crippen LogP) is 2.43. The van der Waals surface area contributed by atoms with Gasteiger partial charge in [-0.15, -0.1) is 24.8 Å². The third-order valence-electron chi connectivity index (χ3n) is 4.86. The van der Waals surface area contributed by atoms with Crippen molar-refractivity contribution in [3.05, 3.63) is 23.8 Å². The molecule has 2 heterocycles.